The van der Waals surface area contributed by atoms with E-state index in [1.54, 1.807) is 30.5 Å². The van der Waals surface area contributed by atoms with Crippen molar-refractivity contribution in [3.8, 4) is 0 Å². The van der Waals surface area contributed by atoms with Crippen LogP contribution >= 0.6 is 12.8 Å². The Balaban J connectivity index is 1.54. The number of thiol groups is 1. The molecule has 1 aromatic carbocycles. The first kappa shape index (κ1) is 28.4. The molecule has 1 aliphatic rings. The fraction of sp³-hybridized carbons (Fsp3) is 0.519. The first-order valence-electron chi connectivity index (χ1n) is 12.9. The number of imide groups is 1. The molecule has 1 atom stereocenters. The van der Waals surface area contributed by atoms with E-state index in [0.29, 0.717) is 36.2 Å². The predicted octanol–water partition coefficient (Wildman–Crippen LogP) is 4.26. The fourth-order valence-electron chi connectivity index (χ4n) is 4.38. The summed E-state index contributed by atoms with van der Waals surface area (Å²) in [6, 6.07) is 6.01. The summed E-state index contributed by atoms with van der Waals surface area (Å²) < 4.78 is 3.08. The molecule has 2 aromatic rings. The van der Waals surface area contributed by atoms with Crippen LogP contribution in [0.1, 0.15) is 85.8 Å². The van der Waals surface area contributed by atoms with Crippen LogP contribution in [-0.2, 0) is 23.1 Å². The predicted molar refractivity (Wildman–Crippen MR) is 145 cm³/mol. The third-order valence-corrected chi connectivity index (χ3v) is 7.04. The molecule has 0 aliphatic carbocycles. The lowest BCUT2D eigenvalue weighted by molar-refractivity contribution is -0.132. The van der Waals surface area contributed by atoms with Crippen LogP contribution in [0.15, 0.2) is 30.5 Å². The van der Waals surface area contributed by atoms with Gasteiger partial charge in [0.2, 0.25) is 11.8 Å². The van der Waals surface area contributed by atoms with Crippen molar-refractivity contribution >= 4 is 42.3 Å². The van der Waals surface area contributed by atoms with E-state index < -0.39 is 6.04 Å². The second kappa shape index (κ2) is 12.9. The standard InChI is InChI=1S/C27H37N5O4S/c1-5-6-13-22-28-17-23(30(22)4)29-25(34)21(16-18(2)3)32(37)24(33)14-9-10-15-31-26(35)19-11-7-8-12-20(19)27(31)36/h7-8,11-12,17-18,21,37H,5-6,9-10,13-16H2,1-4H3,(H,29,34)/t21-/m0/s1. The van der Waals surface area contributed by atoms with Gasteiger partial charge in [-0.3, -0.25) is 28.4 Å². The molecule has 0 saturated carbocycles. The van der Waals surface area contributed by atoms with E-state index in [4.69, 9.17) is 0 Å². The van der Waals surface area contributed by atoms with Crippen LogP contribution in [0, 0.1) is 5.92 Å². The third kappa shape index (κ3) is 6.80. The van der Waals surface area contributed by atoms with Gasteiger partial charge in [-0.05, 0) is 43.7 Å². The van der Waals surface area contributed by atoms with Crippen molar-refractivity contribution in [2.24, 2.45) is 13.0 Å². The molecule has 1 aliphatic heterocycles. The van der Waals surface area contributed by atoms with Gasteiger partial charge in [-0.2, -0.15) is 0 Å². The number of aromatic nitrogens is 2. The Morgan fingerprint density at radius 3 is 2.32 bits per heavy atom. The number of anilines is 1. The maximum atomic E-state index is 13.2. The van der Waals surface area contributed by atoms with Crippen molar-refractivity contribution in [1.29, 1.82) is 0 Å². The quantitative estimate of drug-likeness (QED) is 0.230. The van der Waals surface area contributed by atoms with Crippen molar-refractivity contribution in [3.63, 3.8) is 0 Å². The van der Waals surface area contributed by atoms with E-state index in [-0.39, 0.29) is 42.5 Å². The van der Waals surface area contributed by atoms with Gasteiger partial charge in [0.1, 0.15) is 17.7 Å². The highest BCUT2D eigenvalue weighted by molar-refractivity contribution is 7.78. The number of benzene rings is 1. The number of hydrogen-bond acceptors (Lipinski definition) is 6. The zero-order valence-electron chi connectivity index (χ0n) is 22.1. The van der Waals surface area contributed by atoms with Gasteiger partial charge in [-0.15, -0.1) is 0 Å². The van der Waals surface area contributed by atoms with Crippen LogP contribution in [0.4, 0.5) is 5.82 Å². The molecule has 0 radical (unpaired) electrons. The molecule has 3 rings (SSSR count). The molecular formula is C27H37N5O4S. The summed E-state index contributed by atoms with van der Waals surface area (Å²) in [7, 11) is 1.86. The van der Waals surface area contributed by atoms with Gasteiger partial charge >= 0.3 is 0 Å². The first-order valence-corrected chi connectivity index (χ1v) is 13.3. The maximum absolute atomic E-state index is 13.2. The van der Waals surface area contributed by atoms with Crippen molar-refractivity contribution < 1.29 is 19.2 Å². The summed E-state index contributed by atoms with van der Waals surface area (Å²) in [6.45, 7) is 6.33. The summed E-state index contributed by atoms with van der Waals surface area (Å²) in [4.78, 5) is 56.7. The number of unbranched alkanes of at least 4 members (excludes halogenated alkanes) is 2. The Kier molecular flexibility index (Phi) is 9.91. The summed E-state index contributed by atoms with van der Waals surface area (Å²) in [5.74, 6) is 0.454. The molecule has 0 unspecified atom stereocenters. The lowest BCUT2D eigenvalue weighted by Gasteiger charge is -2.27. The molecule has 2 heterocycles. The zero-order valence-corrected chi connectivity index (χ0v) is 23.0. The van der Waals surface area contributed by atoms with Crippen molar-refractivity contribution in [3.05, 3.63) is 47.4 Å². The molecule has 0 bridgehead atoms. The molecule has 9 nitrogen and oxygen atoms in total. The normalized spacial score (nSPS) is 13.7. The number of aryl methyl sites for hydroxylation is 1. The largest absolute Gasteiger partial charge is 0.318 e. The van der Waals surface area contributed by atoms with Gasteiger partial charge < -0.3 is 9.88 Å². The molecule has 10 heteroatoms. The Labute approximate surface area is 224 Å². The van der Waals surface area contributed by atoms with E-state index in [2.05, 4.69) is 30.0 Å². The lowest BCUT2D eigenvalue weighted by atomic mass is 10.0. The monoisotopic (exact) mass is 527 g/mol. The number of imidazole rings is 1. The number of carbonyl (C=O) groups is 4. The van der Waals surface area contributed by atoms with Gasteiger partial charge in [0.05, 0.1) is 17.3 Å². The molecule has 0 spiro atoms. The van der Waals surface area contributed by atoms with Gasteiger partial charge in [-0.25, -0.2) is 4.98 Å². The van der Waals surface area contributed by atoms with Gasteiger partial charge in [0, 0.05) is 26.4 Å². The van der Waals surface area contributed by atoms with Gasteiger partial charge in [-0.1, -0.05) is 52.1 Å². The molecule has 1 aromatic heterocycles. The molecule has 200 valence electrons. The highest BCUT2D eigenvalue weighted by Crippen LogP contribution is 2.23. The minimum absolute atomic E-state index is 0.154. The lowest BCUT2D eigenvalue weighted by Crippen LogP contribution is -2.43. The van der Waals surface area contributed by atoms with Crippen molar-refractivity contribution in [2.45, 2.75) is 71.8 Å². The third-order valence-electron chi connectivity index (χ3n) is 6.54. The second-order valence-corrected chi connectivity index (χ2v) is 10.3. The number of rotatable bonds is 13. The molecule has 1 N–H and O–H groups in total. The molecule has 4 amide bonds. The number of nitrogens with one attached hydrogen (secondary N) is 1. The highest BCUT2D eigenvalue weighted by Gasteiger charge is 2.34. The Bertz CT molecular complexity index is 1110. The van der Waals surface area contributed by atoms with Crippen LogP contribution in [0.5, 0.6) is 0 Å². The summed E-state index contributed by atoms with van der Waals surface area (Å²) >= 11 is 4.41. The molecule has 37 heavy (non-hydrogen) atoms. The average Bonchev–Trinajstić information content (AvgIpc) is 3.34. The Morgan fingerprint density at radius 1 is 1.08 bits per heavy atom. The van der Waals surface area contributed by atoms with E-state index in [1.807, 2.05) is 25.5 Å². The van der Waals surface area contributed by atoms with E-state index >= 15 is 0 Å². The number of hydrogen-bond donors (Lipinski definition) is 2. The van der Waals surface area contributed by atoms with Gasteiger partial charge in [0.15, 0.2) is 0 Å². The van der Waals surface area contributed by atoms with E-state index in [1.165, 1.54) is 9.21 Å². The zero-order chi connectivity index (χ0) is 27.1. The Hall–Kier alpha value is -3.14. The minimum Gasteiger partial charge on any atom is -0.318 e. The van der Waals surface area contributed by atoms with Crippen molar-refractivity contribution in [1.82, 2.24) is 18.8 Å². The number of fused-ring (bicyclic) bond motifs is 1. The number of nitrogens with zero attached hydrogens (tertiary/aromatic N) is 4. The van der Waals surface area contributed by atoms with E-state index in [9.17, 15) is 19.2 Å². The fourth-order valence-corrected chi connectivity index (χ4v) is 4.68. The molecular weight excluding hydrogens is 490 g/mol. The number of carbonyl (C=O) groups excluding carboxylic acids is 4. The van der Waals surface area contributed by atoms with Crippen LogP contribution in [0.2, 0.25) is 0 Å². The maximum Gasteiger partial charge on any atom is 0.261 e. The van der Waals surface area contributed by atoms with Crippen LogP contribution in [-0.4, -0.2) is 55.0 Å². The summed E-state index contributed by atoms with van der Waals surface area (Å²) in [5, 5.41) is 2.91. The van der Waals surface area contributed by atoms with Gasteiger partial charge in [0.25, 0.3) is 11.8 Å². The SMILES string of the molecule is CCCCc1ncc(NC(=O)[C@H](CC(C)C)N(S)C(=O)CCCCN2C(=O)c3ccccc3C2=O)n1C. The van der Waals surface area contributed by atoms with Crippen molar-refractivity contribution in [2.75, 3.05) is 11.9 Å². The summed E-state index contributed by atoms with van der Waals surface area (Å²) in [5.41, 5.74) is 0.831. The molecule has 0 fully saturated rings. The van der Waals surface area contributed by atoms with Crippen LogP contribution < -0.4 is 5.32 Å². The van der Waals surface area contributed by atoms with Crippen LogP contribution in [0.3, 0.4) is 0 Å². The Morgan fingerprint density at radius 2 is 1.73 bits per heavy atom. The highest BCUT2D eigenvalue weighted by atomic mass is 32.1. The number of amides is 4. The minimum atomic E-state index is -0.749. The summed E-state index contributed by atoms with van der Waals surface area (Å²) in [6.07, 6.45) is 6.09. The van der Waals surface area contributed by atoms with E-state index in [0.717, 1.165) is 25.1 Å². The second-order valence-electron chi connectivity index (χ2n) is 9.86. The topological polar surface area (TPSA) is 105 Å². The van der Waals surface area contributed by atoms with Crippen LogP contribution in [0.25, 0.3) is 0 Å². The average molecular weight is 528 g/mol. The smallest absolute Gasteiger partial charge is 0.261 e. The molecule has 0 saturated heterocycles. The first-order chi connectivity index (χ1) is 17.6.